The van der Waals surface area contributed by atoms with E-state index in [2.05, 4.69) is 27.5 Å². The van der Waals surface area contributed by atoms with Crippen LogP contribution >= 0.6 is 0 Å². The number of methoxy groups -OCH3 is 1. The molecule has 0 radical (unpaired) electrons. The molecule has 1 saturated heterocycles. The third kappa shape index (κ3) is 38.8. The van der Waals surface area contributed by atoms with Crippen LogP contribution in [0, 0.1) is 0 Å². The zero-order chi connectivity index (χ0) is 51.7. The van der Waals surface area contributed by atoms with Crippen molar-refractivity contribution < 1.29 is 169 Å². The Morgan fingerprint density at radius 2 is 1.10 bits per heavy atom. The fourth-order valence-corrected chi connectivity index (χ4v) is 9.49. The summed E-state index contributed by atoms with van der Waals surface area (Å²) >= 11 is 0. The molecule has 0 bridgehead atoms. The summed E-state index contributed by atoms with van der Waals surface area (Å²) in [5.41, 5.74) is 0.414. The van der Waals surface area contributed by atoms with E-state index in [1.165, 1.54) is 109 Å². The third-order valence-corrected chi connectivity index (χ3v) is 13.4. The van der Waals surface area contributed by atoms with Gasteiger partial charge in [-0.2, -0.15) is 0 Å². The molecule has 1 amide bonds. The minimum Gasteiger partial charge on any atom is -0.726 e. The summed E-state index contributed by atoms with van der Waals surface area (Å²) in [5, 5.41) is 14.2. The van der Waals surface area contributed by atoms with Gasteiger partial charge in [-0.1, -0.05) is 179 Å². The van der Waals surface area contributed by atoms with Gasteiger partial charge in [0.25, 0.3) is 0 Å². The van der Waals surface area contributed by atoms with Gasteiger partial charge in [-0.05, 0) is 37.0 Å². The van der Waals surface area contributed by atoms with Crippen molar-refractivity contribution in [1.82, 2.24) is 5.32 Å². The Kier molecular flexibility index (Phi) is 46.1. The maximum atomic E-state index is 13.4. The van der Waals surface area contributed by atoms with Gasteiger partial charge in [-0.15, -0.1) is 0 Å². The molecule has 19 nitrogen and oxygen atoms in total. The van der Waals surface area contributed by atoms with Gasteiger partial charge in [0.15, 0.2) is 6.29 Å². The first-order valence-corrected chi connectivity index (χ1v) is 29.4. The Balaban J connectivity index is 0. The van der Waals surface area contributed by atoms with Gasteiger partial charge in [0.05, 0.1) is 39.1 Å². The number of carbonyl (C=O) groups excluding carboxylic acids is 1. The van der Waals surface area contributed by atoms with E-state index in [1.54, 1.807) is 30.3 Å². The van der Waals surface area contributed by atoms with Crippen LogP contribution in [0.15, 0.2) is 36.4 Å². The quantitative estimate of drug-likeness (QED) is 0.0263. The van der Waals surface area contributed by atoms with Gasteiger partial charge in [0, 0.05) is 6.42 Å². The Morgan fingerprint density at radius 3 is 1.55 bits per heavy atom. The smallest absolute Gasteiger partial charge is 0.726 e. The van der Waals surface area contributed by atoms with Crippen molar-refractivity contribution in [2.75, 3.05) is 20.3 Å². The molecule has 0 aromatic heterocycles. The third-order valence-electron chi connectivity index (χ3n) is 12.0. The van der Waals surface area contributed by atoms with Crippen LogP contribution in [0.2, 0.25) is 0 Å². The van der Waals surface area contributed by atoms with Gasteiger partial charge in [-0.3, -0.25) is 17.3 Å². The summed E-state index contributed by atoms with van der Waals surface area (Å²) in [6.45, 7) is 2.01. The molecule has 0 saturated carbocycles. The number of hydrogen-bond donors (Lipinski definition) is 2. The van der Waals surface area contributed by atoms with Crippen LogP contribution in [0.3, 0.4) is 0 Å². The number of aliphatic hydroxyl groups is 1. The molecular formula is C48H82NNa3O18S3. The SMILES string of the molecule is CCCCCCCCCCCCC/C=C/[C@@H](O)[C@H](CO[C@H]1O[C@H](COS(=O)(=O)[O-])[C@H](OS(=O)(=O)[O-])[C@H](OS(=O)(=O)[O-])[C@H]1OCc1ccc(OC)cc1)NC(=O)CCCCCCCCCCCCCCC.[Na+].[Na+].[Na+]. The number of unbranched alkanes of at least 4 members (excludes halogenated alkanes) is 23. The van der Waals surface area contributed by atoms with Crippen molar-refractivity contribution in [2.24, 2.45) is 0 Å². The monoisotopic (exact) mass is 1130 g/mol. The maximum Gasteiger partial charge on any atom is 1.00 e. The number of allylic oxidation sites excluding steroid dienone is 1. The molecule has 7 atom stereocenters. The van der Waals surface area contributed by atoms with E-state index < -0.39 is 99.8 Å². The molecule has 1 fully saturated rings. The molecule has 1 aliphatic rings. The number of benzene rings is 1. The van der Waals surface area contributed by atoms with Crippen molar-refractivity contribution in [3.8, 4) is 5.75 Å². The molecule has 2 N–H and O–H groups in total. The zero-order valence-electron chi connectivity index (χ0n) is 44.6. The zero-order valence-corrected chi connectivity index (χ0v) is 53.1. The minimum atomic E-state index is -5.80. The van der Waals surface area contributed by atoms with E-state index in [9.17, 15) is 48.8 Å². The number of ether oxygens (including phenoxy) is 4. The van der Waals surface area contributed by atoms with Crippen LogP contribution in [-0.2, 0) is 69.4 Å². The summed E-state index contributed by atoms with van der Waals surface area (Å²) in [7, 11) is -15.7. The van der Waals surface area contributed by atoms with E-state index in [1.807, 2.05) is 0 Å². The molecular weight excluding hydrogens is 1040 g/mol. The van der Waals surface area contributed by atoms with Crippen LogP contribution in [0.1, 0.15) is 186 Å². The Morgan fingerprint density at radius 1 is 0.644 bits per heavy atom. The molecule has 1 heterocycles. The first-order chi connectivity index (χ1) is 33.4. The van der Waals surface area contributed by atoms with E-state index in [0.29, 0.717) is 24.2 Å². The number of aliphatic hydroxyl groups excluding tert-OH is 1. The molecule has 25 heteroatoms. The summed E-state index contributed by atoms with van der Waals surface area (Å²) in [6.07, 6.45) is 19.1. The Hall–Kier alpha value is 0.680. The number of rotatable bonds is 43. The molecule has 2 rings (SSSR count). The molecule has 408 valence electrons. The standard InChI is InChI=1S/C48H85NO18S3.3Na/c1-4-6-8-10-12-14-16-18-20-22-24-26-28-30-42(50)41(49-44(51)31-29-27-25-23-21-19-17-15-13-11-9-7-5-2)37-63-48-47(62-36-39-32-34-40(61-3)35-33-39)46(67-70(58,59)60)45(66-69(55,56)57)43(65-48)38-64-68(52,53)54;;;/h28,30,32-35,41-43,45-48,50H,4-27,29,31,36-38H2,1-3H3,(H,49,51)(H,52,53,54)(H,55,56,57)(H,58,59,60);;;/q;3*+1/p-3/b30-28+;;;/t41-,42+,43+,45-,46-,47+,48-;;;/m0.../s1. The predicted octanol–water partition coefficient (Wildman–Crippen LogP) is -0.914. The molecule has 1 aromatic rings. The van der Waals surface area contributed by atoms with Crippen LogP contribution in [0.25, 0.3) is 0 Å². The van der Waals surface area contributed by atoms with Crippen molar-refractivity contribution in [3.05, 3.63) is 42.0 Å². The van der Waals surface area contributed by atoms with Crippen molar-refractivity contribution in [1.29, 1.82) is 0 Å². The first-order valence-electron chi connectivity index (χ1n) is 25.4. The average Bonchev–Trinajstić information content (AvgIpc) is 3.29. The van der Waals surface area contributed by atoms with Gasteiger partial charge < -0.3 is 43.0 Å². The fraction of sp³-hybridized carbons (Fsp3) is 0.812. The van der Waals surface area contributed by atoms with Gasteiger partial charge in [0.2, 0.25) is 37.1 Å². The number of carbonyl (C=O) groups is 1. The van der Waals surface area contributed by atoms with Crippen molar-refractivity contribution in [2.45, 2.75) is 230 Å². The van der Waals surface area contributed by atoms with Crippen LogP contribution in [-0.4, -0.2) is 113 Å². The molecule has 1 aromatic carbocycles. The van der Waals surface area contributed by atoms with E-state index in [-0.39, 0.29) is 95.1 Å². The molecule has 0 aliphatic carbocycles. The second-order valence-corrected chi connectivity index (χ2v) is 21.1. The second-order valence-electron chi connectivity index (χ2n) is 18.0. The molecule has 1 aliphatic heterocycles. The van der Waals surface area contributed by atoms with Gasteiger partial charge >= 0.3 is 88.7 Å². The summed E-state index contributed by atoms with van der Waals surface area (Å²) in [4.78, 5) is 13.4. The minimum absolute atomic E-state index is 0. The van der Waals surface area contributed by atoms with Crippen LogP contribution < -0.4 is 98.7 Å². The Bertz CT molecular complexity index is 1900. The number of nitrogens with one attached hydrogen (secondary N) is 1. The normalized spacial score (nSPS) is 19.1. The summed E-state index contributed by atoms with van der Waals surface area (Å²) < 4.78 is 143. The van der Waals surface area contributed by atoms with Gasteiger partial charge in [-0.25, -0.2) is 25.3 Å². The first kappa shape index (κ1) is 75.8. The number of amides is 1. The molecule has 73 heavy (non-hydrogen) atoms. The van der Waals surface area contributed by atoms with Crippen molar-refractivity contribution in [3.63, 3.8) is 0 Å². The maximum absolute atomic E-state index is 13.4. The predicted molar refractivity (Wildman–Crippen MR) is 259 cm³/mol. The van der Waals surface area contributed by atoms with Crippen LogP contribution in [0.4, 0.5) is 0 Å². The summed E-state index contributed by atoms with van der Waals surface area (Å²) in [6, 6.07) is 5.03. The van der Waals surface area contributed by atoms with E-state index in [0.717, 1.165) is 51.4 Å². The van der Waals surface area contributed by atoms with E-state index in [4.69, 9.17) is 23.1 Å². The van der Waals surface area contributed by atoms with Crippen molar-refractivity contribution >= 4 is 37.1 Å². The fourth-order valence-electron chi connectivity index (χ4n) is 8.19. The van der Waals surface area contributed by atoms with Crippen LogP contribution in [0.5, 0.6) is 5.75 Å². The average molecular weight is 1130 g/mol. The van der Waals surface area contributed by atoms with Gasteiger partial charge in [0.1, 0.15) is 30.2 Å². The molecule has 0 spiro atoms. The largest absolute Gasteiger partial charge is 1.00 e. The molecule has 0 unspecified atom stereocenters. The summed E-state index contributed by atoms with van der Waals surface area (Å²) in [5.74, 6) is 0.0505. The van der Waals surface area contributed by atoms with E-state index >= 15 is 0 Å². The topological polar surface area (TPSA) is 286 Å². The number of hydrogen-bond acceptors (Lipinski definition) is 18. The Labute approximate surface area is 504 Å². The second kappa shape index (κ2) is 44.4.